The molecule has 1 N–H and O–H groups in total. The summed E-state index contributed by atoms with van der Waals surface area (Å²) < 4.78 is 16.8. The lowest BCUT2D eigenvalue weighted by Gasteiger charge is -2.15. The standard InChI is InChI=1S/C24H24N2O5S2/c1-15(2)13-29-18-6-4-17(5-7-18)22(27)25-9-10-26-23(28)21(33-24(26)32)12-16-3-8-19-20(11-16)31-14-30-19/h3-8,11-12,15H,9-10,13-14H2,1-2H3,(H,25,27)/b21-12-. The Morgan fingerprint density at radius 3 is 2.73 bits per heavy atom. The van der Waals surface area contributed by atoms with Crippen molar-refractivity contribution in [1.82, 2.24) is 10.2 Å². The van der Waals surface area contributed by atoms with Gasteiger partial charge in [0.25, 0.3) is 11.8 Å². The summed E-state index contributed by atoms with van der Waals surface area (Å²) in [5.74, 6) is 2.11. The quantitative estimate of drug-likeness (QED) is 0.447. The number of fused-ring (bicyclic) bond motifs is 1. The number of amides is 2. The Morgan fingerprint density at radius 2 is 1.97 bits per heavy atom. The summed E-state index contributed by atoms with van der Waals surface area (Å²) in [6.45, 7) is 5.56. The number of rotatable bonds is 8. The summed E-state index contributed by atoms with van der Waals surface area (Å²) >= 11 is 6.62. The molecule has 4 rings (SSSR count). The number of hydrogen-bond acceptors (Lipinski definition) is 7. The monoisotopic (exact) mass is 484 g/mol. The van der Waals surface area contributed by atoms with Gasteiger partial charge in [0, 0.05) is 18.7 Å². The first-order valence-corrected chi connectivity index (χ1v) is 11.8. The van der Waals surface area contributed by atoms with Gasteiger partial charge in [-0.25, -0.2) is 0 Å². The van der Waals surface area contributed by atoms with Gasteiger partial charge in [-0.3, -0.25) is 14.5 Å². The van der Waals surface area contributed by atoms with Gasteiger partial charge in [-0.15, -0.1) is 0 Å². The van der Waals surface area contributed by atoms with Crippen molar-refractivity contribution < 1.29 is 23.8 Å². The third-order valence-electron chi connectivity index (χ3n) is 4.89. The van der Waals surface area contributed by atoms with Crippen molar-refractivity contribution >= 4 is 46.2 Å². The van der Waals surface area contributed by atoms with Crippen LogP contribution in [0.4, 0.5) is 0 Å². The molecule has 9 heteroatoms. The molecule has 0 bridgehead atoms. The van der Waals surface area contributed by atoms with E-state index in [9.17, 15) is 9.59 Å². The summed E-state index contributed by atoms with van der Waals surface area (Å²) in [6.07, 6.45) is 1.78. The largest absolute Gasteiger partial charge is 0.493 e. The molecule has 2 aliphatic rings. The Labute approximate surface area is 202 Å². The zero-order chi connectivity index (χ0) is 23.4. The molecule has 1 fully saturated rings. The zero-order valence-electron chi connectivity index (χ0n) is 18.3. The number of thioether (sulfide) groups is 1. The van der Waals surface area contributed by atoms with E-state index in [1.54, 1.807) is 30.3 Å². The SMILES string of the molecule is CC(C)COc1ccc(C(=O)NCCN2C(=O)/C(=C/c3ccc4c(c3)OCO4)SC2=S)cc1. The molecule has 0 spiro atoms. The lowest BCUT2D eigenvalue weighted by atomic mass is 10.2. The first-order chi connectivity index (χ1) is 15.9. The van der Waals surface area contributed by atoms with Crippen LogP contribution in [0.15, 0.2) is 47.4 Å². The van der Waals surface area contributed by atoms with Gasteiger partial charge in [-0.05, 0) is 54.0 Å². The fraction of sp³-hybridized carbons (Fsp3) is 0.292. The molecule has 7 nitrogen and oxygen atoms in total. The molecule has 172 valence electrons. The second kappa shape index (κ2) is 10.3. The molecule has 2 aliphatic heterocycles. The number of benzene rings is 2. The molecule has 0 saturated carbocycles. The van der Waals surface area contributed by atoms with E-state index in [0.717, 1.165) is 11.3 Å². The predicted octanol–water partition coefficient (Wildman–Crippen LogP) is 4.08. The Bertz CT molecular complexity index is 1100. The lowest BCUT2D eigenvalue weighted by molar-refractivity contribution is -0.122. The summed E-state index contributed by atoms with van der Waals surface area (Å²) in [5, 5.41) is 2.84. The topological polar surface area (TPSA) is 77.1 Å². The maximum absolute atomic E-state index is 12.8. The van der Waals surface area contributed by atoms with Crippen molar-refractivity contribution in [2.45, 2.75) is 13.8 Å². The molecular formula is C24H24N2O5S2. The third kappa shape index (κ3) is 5.66. The maximum atomic E-state index is 12.8. The highest BCUT2D eigenvalue weighted by Crippen LogP contribution is 2.36. The third-order valence-corrected chi connectivity index (χ3v) is 6.27. The number of hydrogen-bond donors (Lipinski definition) is 1. The van der Waals surface area contributed by atoms with Gasteiger partial charge in [0.05, 0.1) is 11.5 Å². The second-order valence-corrected chi connectivity index (χ2v) is 9.61. The maximum Gasteiger partial charge on any atom is 0.266 e. The first-order valence-electron chi connectivity index (χ1n) is 10.6. The van der Waals surface area contributed by atoms with Crippen molar-refractivity contribution in [2.75, 3.05) is 26.5 Å². The van der Waals surface area contributed by atoms with Crippen molar-refractivity contribution in [3.05, 3.63) is 58.5 Å². The fourth-order valence-corrected chi connectivity index (χ4v) is 4.50. The van der Waals surface area contributed by atoms with Crippen LogP contribution >= 0.6 is 24.0 Å². The zero-order valence-corrected chi connectivity index (χ0v) is 20.0. The average Bonchev–Trinajstić information content (AvgIpc) is 3.37. The van der Waals surface area contributed by atoms with Gasteiger partial charge in [0.15, 0.2) is 11.5 Å². The Kier molecular flexibility index (Phi) is 7.20. The summed E-state index contributed by atoms with van der Waals surface area (Å²) in [7, 11) is 0. The molecule has 0 atom stereocenters. The van der Waals surface area contributed by atoms with Gasteiger partial charge >= 0.3 is 0 Å². The van der Waals surface area contributed by atoms with Crippen molar-refractivity contribution in [3.63, 3.8) is 0 Å². The molecule has 0 aromatic heterocycles. The van der Waals surface area contributed by atoms with Gasteiger partial charge < -0.3 is 19.5 Å². The van der Waals surface area contributed by atoms with E-state index in [2.05, 4.69) is 19.2 Å². The van der Waals surface area contributed by atoms with Crippen LogP contribution in [-0.4, -0.2) is 47.5 Å². The van der Waals surface area contributed by atoms with E-state index in [1.165, 1.54) is 16.7 Å². The molecule has 0 unspecified atom stereocenters. The average molecular weight is 485 g/mol. The van der Waals surface area contributed by atoms with E-state index < -0.39 is 0 Å². The van der Waals surface area contributed by atoms with Crippen LogP contribution in [0.5, 0.6) is 17.2 Å². The Balaban J connectivity index is 1.30. The fourth-order valence-electron chi connectivity index (χ4n) is 3.20. The van der Waals surface area contributed by atoms with Crippen LogP contribution in [0.25, 0.3) is 6.08 Å². The van der Waals surface area contributed by atoms with E-state index >= 15 is 0 Å². The minimum absolute atomic E-state index is 0.177. The van der Waals surface area contributed by atoms with Gasteiger partial charge in [-0.1, -0.05) is 43.9 Å². The van der Waals surface area contributed by atoms with Crippen molar-refractivity contribution in [3.8, 4) is 17.2 Å². The van der Waals surface area contributed by atoms with Crippen LogP contribution in [0.1, 0.15) is 29.8 Å². The van der Waals surface area contributed by atoms with Crippen molar-refractivity contribution in [1.29, 1.82) is 0 Å². The van der Waals surface area contributed by atoms with Crippen molar-refractivity contribution in [2.24, 2.45) is 5.92 Å². The van der Waals surface area contributed by atoms with Gasteiger partial charge in [-0.2, -0.15) is 0 Å². The van der Waals surface area contributed by atoms with Gasteiger partial charge in [0.2, 0.25) is 6.79 Å². The molecule has 2 amide bonds. The molecule has 0 radical (unpaired) electrons. The minimum Gasteiger partial charge on any atom is -0.493 e. The van der Waals surface area contributed by atoms with Crippen LogP contribution in [-0.2, 0) is 4.79 Å². The molecule has 0 aliphatic carbocycles. The summed E-state index contributed by atoms with van der Waals surface area (Å²) in [6, 6.07) is 12.5. The number of nitrogens with one attached hydrogen (secondary N) is 1. The molecular weight excluding hydrogens is 460 g/mol. The first kappa shape index (κ1) is 23.1. The summed E-state index contributed by atoms with van der Waals surface area (Å²) in [5.41, 5.74) is 1.36. The Morgan fingerprint density at radius 1 is 1.21 bits per heavy atom. The van der Waals surface area contributed by atoms with E-state index in [0.29, 0.717) is 45.4 Å². The number of carbonyl (C=O) groups is 2. The molecule has 2 aromatic rings. The Hall–Kier alpha value is -3.04. The molecule has 2 aromatic carbocycles. The van der Waals surface area contributed by atoms with Crippen LogP contribution < -0.4 is 19.5 Å². The van der Waals surface area contributed by atoms with E-state index in [4.69, 9.17) is 26.4 Å². The molecule has 2 heterocycles. The van der Waals surface area contributed by atoms with Crippen LogP contribution in [0.2, 0.25) is 0 Å². The number of thiocarbonyl (C=S) groups is 1. The van der Waals surface area contributed by atoms with Crippen LogP contribution in [0.3, 0.4) is 0 Å². The predicted molar refractivity (Wildman–Crippen MR) is 132 cm³/mol. The van der Waals surface area contributed by atoms with Crippen LogP contribution in [0, 0.1) is 5.92 Å². The molecule has 33 heavy (non-hydrogen) atoms. The number of ether oxygens (including phenoxy) is 3. The van der Waals surface area contributed by atoms with E-state index in [-0.39, 0.29) is 25.2 Å². The highest BCUT2D eigenvalue weighted by Gasteiger charge is 2.31. The second-order valence-electron chi connectivity index (χ2n) is 7.93. The van der Waals surface area contributed by atoms with Gasteiger partial charge in [0.1, 0.15) is 10.1 Å². The highest BCUT2D eigenvalue weighted by molar-refractivity contribution is 8.26. The number of carbonyl (C=O) groups excluding carboxylic acids is 2. The summed E-state index contributed by atoms with van der Waals surface area (Å²) in [4.78, 5) is 27.3. The van der Waals surface area contributed by atoms with E-state index in [1.807, 2.05) is 18.2 Å². The smallest absolute Gasteiger partial charge is 0.266 e. The normalized spacial score (nSPS) is 16.1. The number of nitrogens with zero attached hydrogens (tertiary/aromatic N) is 1. The lowest BCUT2D eigenvalue weighted by Crippen LogP contribution is -2.37. The minimum atomic E-state index is -0.216. The molecule has 1 saturated heterocycles. The highest BCUT2D eigenvalue weighted by atomic mass is 32.2.